The van der Waals surface area contributed by atoms with Crippen molar-refractivity contribution in [1.29, 1.82) is 0 Å². The molecule has 0 aromatic heterocycles. The zero-order valence-electron chi connectivity index (χ0n) is 5.38. The van der Waals surface area contributed by atoms with Crippen LogP contribution >= 0.6 is 0 Å². The lowest BCUT2D eigenvalue weighted by Gasteiger charge is -1.71. The van der Waals surface area contributed by atoms with Gasteiger partial charge in [-0.05, 0) is 0 Å². The largest absolute Gasteiger partial charge is 0.481 e. The van der Waals surface area contributed by atoms with Gasteiger partial charge in [0.1, 0.15) is 0 Å². The third-order valence-corrected chi connectivity index (χ3v) is 0.302. The van der Waals surface area contributed by atoms with Crippen molar-refractivity contribution in [2.24, 2.45) is 0 Å². The Balaban J connectivity index is 0. The number of carboxylic acids is 1. The van der Waals surface area contributed by atoms with E-state index < -0.39 is 11.9 Å². The van der Waals surface area contributed by atoms with Gasteiger partial charge in [-0.25, -0.2) is 9.90 Å². The van der Waals surface area contributed by atoms with E-state index in [4.69, 9.17) is 15.0 Å². The zero-order chi connectivity index (χ0) is 7.86. The molecule has 0 heterocycles. The molecule has 0 aromatic rings. The average Bonchev–Trinajstić information content (AvgIpc) is 1.65. The van der Waals surface area contributed by atoms with Crippen LogP contribution in [-0.2, 0) is 14.7 Å². The van der Waals surface area contributed by atoms with Crippen molar-refractivity contribution in [3.05, 3.63) is 0 Å². The van der Waals surface area contributed by atoms with Crippen molar-refractivity contribution in [1.82, 2.24) is 0 Å². The molecule has 53 valence electrons. The molecule has 0 amide bonds. The molecule has 0 aliphatic carbocycles. The van der Waals surface area contributed by atoms with E-state index in [0.717, 1.165) is 6.92 Å². The number of carbonyl (C=O) groups excluding carboxylic acids is 1. The molecule has 0 saturated carbocycles. The van der Waals surface area contributed by atoms with E-state index in [1.165, 1.54) is 0 Å². The van der Waals surface area contributed by atoms with Crippen LogP contribution in [0, 0.1) is 0 Å². The Morgan fingerprint density at radius 3 is 1.56 bits per heavy atom. The minimum Gasteiger partial charge on any atom is -0.481 e. The van der Waals surface area contributed by atoms with Crippen molar-refractivity contribution >= 4 is 11.9 Å². The number of aliphatic carboxylic acids is 1. The molecule has 0 fully saturated rings. The average molecular weight is 133 g/mol. The first kappa shape index (κ1) is 10.8. The molecule has 0 saturated heterocycles. The second-order valence-corrected chi connectivity index (χ2v) is 1.24. The molecule has 4 heteroatoms. The summed E-state index contributed by atoms with van der Waals surface area (Å²) in [7, 11) is 0. The Bertz CT molecular complexity index is 93.1. The first-order valence-corrected chi connectivity index (χ1v) is 2.40. The topological polar surface area (TPSA) is 74.3 Å². The fourth-order valence-electron chi connectivity index (χ4n) is 0. The molecule has 1 N–H and O–H groups in total. The monoisotopic (exact) mass is 133 g/mol. The molecule has 9 heavy (non-hydrogen) atoms. The van der Waals surface area contributed by atoms with Crippen LogP contribution in [0.2, 0.25) is 0 Å². The van der Waals surface area contributed by atoms with Gasteiger partial charge < -0.3 is 5.11 Å². The van der Waals surface area contributed by atoms with E-state index in [1.807, 2.05) is 0 Å². The standard InChI is InChI=1S/C3H6O2.C2H3O2/c1-2-3(4)5;1-2(3)4/h2H2,1H3,(H,4,5);1H3. The second kappa shape index (κ2) is 6.94. The van der Waals surface area contributed by atoms with Gasteiger partial charge in [0.2, 0.25) is 0 Å². The lowest BCUT2D eigenvalue weighted by Crippen LogP contribution is -1.86. The summed E-state index contributed by atoms with van der Waals surface area (Å²) in [5.74, 6) is -1.83. The third-order valence-electron chi connectivity index (χ3n) is 0.302. The van der Waals surface area contributed by atoms with Crippen molar-refractivity contribution < 1.29 is 19.8 Å². The van der Waals surface area contributed by atoms with Crippen LogP contribution in [0.1, 0.15) is 20.3 Å². The van der Waals surface area contributed by atoms with Gasteiger partial charge in [-0.15, -0.1) is 0 Å². The summed E-state index contributed by atoms with van der Waals surface area (Å²) < 4.78 is 0. The van der Waals surface area contributed by atoms with Crippen LogP contribution in [0.5, 0.6) is 0 Å². The number of carboxylic acid groups (broad SMARTS) is 1. The van der Waals surface area contributed by atoms with Gasteiger partial charge in [-0.3, -0.25) is 4.79 Å². The molecule has 0 aliphatic rings. The summed E-state index contributed by atoms with van der Waals surface area (Å²) in [6, 6.07) is 0. The van der Waals surface area contributed by atoms with Crippen LogP contribution in [-0.4, -0.2) is 17.0 Å². The molecule has 0 aliphatic heterocycles. The van der Waals surface area contributed by atoms with E-state index in [0.29, 0.717) is 0 Å². The van der Waals surface area contributed by atoms with E-state index in [9.17, 15) is 4.79 Å². The quantitative estimate of drug-likeness (QED) is 0.564. The van der Waals surface area contributed by atoms with Crippen molar-refractivity contribution in [3.63, 3.8) is 0 Å². The Morgan fingerprint density at radius 2 is 1.56 bits per heavy atom. The van der Waals surface area contributed by atoms with Crippen LogP contribution in [0.4, 0.5) is 0 Å². The SMILES string of the molecule is CC([O])=O.CCC(=O)O. The molecule has 0 unspecified atom stereocenters. The first-order chi connectivity index (χ1) is 4.00. The van der Waals surface area contributed by atoms with Gasteiger partial charge in [0.25, 0.3) is 0 Å². The highest BCUT2D eigenvalue weighted by Gasteiger charge is 1.80. The van der Waals surface area contributed by atoms with Gasteiger partial charge in [0, 0.05) is 13.3 Å². The van der Waals surface area contributed by atoms with Crippen LogP contribution in [0.15, 0.2) is 0 Å². The molecule has 4 nitrogen and oxygen atoms in total. The van der Waals surface area contributed by atoms with Gasteiger partial charge in [0.15, 0.2) is 0 Å². The third kappa shape index (κ3) is 192. The molecule has 0 rings (SSSR count). The van der Waals surface area contributed by atoms with E-state index in [1.54, 1.807) is 6.92 Å². The number of hydrogen-bond donors (Lipinski definition) is 1. The normalized spacial score (nSPS) is 6.89. The summed E-state index contributed by atoms with van der Waals surface area (Å²) in [4.78, 5) is 18.3. The molecule has 1 radical (unpaired) electrons. The predicted octanol–water partition coefficient (Wildman–Crippen LogP) is 0.444. The van der Waals surface area contributed by atoms with E-state index in [2.05, 4.69) is 0 Å². The zero-order valence-corrected chi connectivity index (χ0v) is 5.38. The maximum atomic E-state index is 9.37. The number of hydrogen-bond acceptors (Lipinski definition) is 2. The second-order valence-electron chi connectivity index (χ2n) is 1.24. The number of rotatable bonds is 1. The molecule has 0 atom stereocenters. The summed E-state index contributed by atoms with van der Waals surface area (Å²) in [6.07, 6.45) is 0.222. The van der Waals surface area contributed by atoms with Gasteiger partial charge in [-0.2, -0.15) is 0 Å². The smallest absolute Gasteiger partial charge is 0.352 e. The molecule has 0 aromatic carbocycles. The summed E-state index contributed by atoms with van der Waals surface area (Å²) in [5, 5.41) is 16.6. The Morgan fingerprint density at radius 1 is 1.44 bits per heavy atom. The molecular formula is C5H9O4. The lowest BCUT2D eigenvalue weighted by molar-refractivity contribution is -0.140. The summed E-state index contributed by atoms with van der Waals surface area (Å²) in [6.45, 7) is 2.57. The molecule has 0 spiro atoms. The Hall–Kier alpha value is -1.06. The highest BCUT2D eigenvalue weighted by molar-refractivity contribution is 5.66. The minimum absolute atomic E-state index is 0.222. The fraction of sp³-hybridized carbons (Fsp3) is 0.600. The van der Waals surface area contributed by atoms with E-state index in [-0.39, 0.29) is 6.42 Å². The summed E-state index contributed by atoms with van der Waals surface area (Å²) >= 11 is 0. The van der Waals surface area contributed by atoms with Crippen molar-refractivity contribution in [2.75, 3.05) is 0 Å². The summed E-state index contributed by atoms with van der Waals surface area (Å²) in [5.41, 5.74) is 0. The highest BCUT2D eigenvalue weighted by atomic mass is 16.4. The lowest BCUT2D eigenvalue weighted by atomic mass is 10.5. The van der Waals surface area contributed by atoms with Gasteiger partial charge >= 0.3 is 11.9 Å². The predicted molar refractivity (Wildman–Crippen MR) is 29.3 cm³/mol. The first-order valence-electron chi connectivity index (χ1n) is 2.40. The fourth-order valence-corrected chi connectivity index (χ4v) is 0. The van der Waals surface area contributed by atoms with Crippen LogP contribution < -0.4 is 0 Å². The Labute approximate surface area is 53.1 Å². The highest BCUT2D eigenvalue weighted by Crippen LogP contribution is 1.67. The Kier molecular flexibility index (Phi) is 8.36. The van der Waals surface area contributed by atoms with Crippen molar-refractivity contribution in [3.8, 4) is 0 Å². The minimum atomic E-state index is -1.08. The van der Waals surface area contributed by atoms with E-state index >= 15 is 0 Å². The molecular weight excluding hydrogens is 124 g/mol. The van der Waals surface area contributed by atoms with Crippen LogP contribution in [0.3, 0.4) is 0 Å². The van der Waals surface area contributed by atoms with Crippen LogP contribution in [0.25, 0.3) is 0 Å². The van der Waals surface area contributed by atoms with Gasteiger partial charge in [-0.1, -0.05) is 6.92 Å². The van der Waals surface area contributed by atoms with Gasteiger partial charge in [0.05, 0.1) is 0 Å². The maximum absolute atomic E-state index is 9.37. The molecule has 0 bridgehead atoms. The number of carbonyl (C=O) groups is 2. The maximum Gasteiger partial charge on any atom is 0.352 e. The van der Waals surface area contributed by atoms with Crippen molar-refractivity contribution in [2.45, 2.75) is 20.3 Å².